The molecule has 0 bridgehead atoms. The zero-order valence-electron chi connectivity index (χ0n) is 21.9. The van der Waals surface area contributed by atoms with Crippen molar-refractivity contribution in [3.63, 3.8) is 0 Å². The molecule has 37 heavy (non-hydrogen) atoms. The first-order valence-corrected chi connectivity index (χ1v) is 12.6. The summed E-state index contributed by atoms with van der Waals surface area (Å²) in [5.41, 5.74) is 4.72. The predicted molar refractivity (Wildman–Crippen MR) is 147 cm³/mol. The molecule has 1 heterocycles. The van der Waals surface area contributed by atoms with Crippen LogP contribution in [0.2, 0.25) is 0 Å². The van der Waals surface area contributed by atoms with E-state index in [0.29, 0.717) is 29.0 Å². The Kier molecular flexibility index (Phi) is 8.36. The van der Waals surface area contributed by atoms with Crippen LogP contribution in [0.1, 0.15) is 36.2 Å². The Morgan fingerprint density at radius 2 is 1.73 bits per heavy atom. The second-order valence-corrected chi connectivity index (χ2v) is 9.26. The van der Waals surface area contributed by atoms with Crippen LogP contribution in [0.3, 0.4) is 0 Å². The van der Waals surface area contributed by atoms with Crippen LogP contribution >= 0.6 is 0 Å². The highest BCUT2D eigenvalue weighted by Crippen LogP contribution is 2.20. The number of hydrogen-bond donors (Lipinski definition) is 1. The van der Waals surface area contributed by atoms with Gasteiger partial charge in [-0.1, -0.05) is 43.3 Å². The maximum atomic E-state index is 13.5. The van der Waals surface area contributed by atoms with Gasteiger partial charge >= 0.3 is 0 Å². The molecule has 0 saturated carbocycles. The summed E-state index contributed by atoms with van der Waals surface area (Å²) in [5, 5.41) is 3.05. The highest BCUT2D eigenvalue weighted by atomic mass is 16.5. The molecule has 3 aromatic carbocycles. The van der Waals surface area contributed by atoms with E-state index in [1.165, 1.54) is 5.56 Å². The average molecular weight is 499 g/mol. The van der Waals surface area contributed by atoms with E-state index in [2.05, 4.69) is 46.4 Å². The molecule has 1 N–H and O–H groups in total. The van der Waals surface area contributed by atoms with Crippen LogP contribution in [0, 0.1) is 0 Å². The normalized spacial score (nSPS) is 12.0. The van der Waals surface area contributed by atoms with Crippen molar-refractivity contribution in [2.24, 2.45) is 0 Å². The Balaban J connectivity index is 1.50. The fourth-order valence-electron chi connectivity index (χ4n) is 4.43. The molecule has 0 spiro atoms. The predicted octanol–water partition coefficient (Wildman–Crippen LogP) is 4.31. The molecule has 4 rings (SSSR count). The summed E-state index contributed by atoms with van der Waals surface area (Å²) in [5.74, 6) is 0.603. The monoisotopic (exact) mass is 498 g/mol. The van der Waals surface area contributed by atoms with Gasteiger partial charge in [-0.15, -0.1) is 0 Å². The summed E-state index contributed by atoms with van der Waals surface area (Å²) < 4.78 is 6.91. The molecule has 1 atom stereocenters. The van der Waals surface area contributed by atoms with Crippen molar-refractivity contribution in [3.8, 4) is 11.4 Å². The number of benzene rings is 3. The van der Waals surface area contributed by atoms with Gasteiger partial charge in [0.05, 0.1) is 24.2 Å². The maximum Gasteiger partial charge on any atom is 0.277 e. The number of carbonyl (C=O) groups excluding carboxylic acids is 1. The lowest BCUT2D eigenvalue weighted by molar-refractivity contribution is -0.121. The fourth-order valence-corrected chi connectivity index (χ4v) is 4.43. The molecule has 0 aliphatic carbocycles. The van der Waals surface area contributed by atoms with E-state index in [4.69, 9.17) is 4.74 Å². The van der Waals surface area contributed by atoms with E-state index in [-0.39, 0.29) is 30.3 Å². The van der Waals surface area contributed by atoms with Gasteiger partial charge in [-0.2, -0.15) is 0 Å². The molecular formula is C30H34N4O3. The van der Waals surface area contributed by atoms with Crippen LogP contribution in [-0.4, -0.2) is 48.1 Å². The van der Waals surface area contributed by atoms with Gasteiger partial charge in [0, 0.05) is 25.1 Å². The quantitative estimate of drug-likeness (QED) is 0.353. The van der Waals surface area contributed by atoms with E-state index in [0.717, 1.165) is 17.7 Å². The first kappa shape index (κ1) is 26.1. The lowest BCUT2D eigenvalue weighted by Gasteiger charge is -2.25. The molecule has 7 nitrogen and oxygen atoms in total. The Bertz CT molecular complexity index is 1410. The Hall–Kier alpha value is -3.97. The van der Waals surface area contributed by atoms with Crippen molar-refractivity contribution >= 4 is 16.9 Å². The number of aromatic nitrogens is 2. The topological polar surface area (TPSA) is 76.5 Å². The van der Waals surface area contributed by atoms with Crippen molar-refractivity contribution in [1.29, 1.82) is 0 Å². The zero-order chi connectivity index (χ0) is 26.4. The van der Waals surface area contributed by atoms with Gasteiger partial charge in [-0.3, -0.25) is 14.2 Å². The molecule has 1 amide bonds. The van der Waals surface area contributed by atoms with E-state index >= 15 is 0 Å². The molecule has 0 fully saturated rings. The maximum absolute atomic E-state index is 13.5. The van der Waals surface area contributed by atoms with E-state index in [1.807, 2.05) is 62.6 Å². The van der Waals surface area contributed by atoms with Gasteiger partial charge in [0.2, 0.25) is 5.91 Å². The third-order valence-electron chi connectivity index (χ3n) is 6.64. The van der Waals surface area contributed by atoms with Crippen LogP contribution in [0.5, 0.6) is 5.75 Å². The van der Waals surface area contributed by atoms with Gasteiger partial charge < -0.3 is 15.0 Å². The third-order valence-corrected chi connectivity index (χ3v) is 6.64. The van der Waals surface area contributed by atoms with E-state index < -0.39 is 0 Å². The molecule has 192 valence electrons. The minimum Gasteiger partial charge on any atom is -0.497 e. The van der Waals surface area contributed by atoms with Crippen LogP contribution in [0.25, 0.3) is 16.7 Å². The van der Waals surface area contributed by atoms with Gasteiger partial charge in [0.1, 0.15) is 11.4 Å². The molecule has 4 aromatic rings. The first-order valence-electron chi connectivity index (χ1n) is 12.6. The second-order valence-electron chi connectivity index (χ2n) is 9.26. The highest BCUT2D eigenvalue weighted by molar-refractivity contribution is 5.78. The number of hydrogen-bond acceptors (Lipinski definition) is 5. The number of fused-ring (bicyclic) bond motifs is 1. The summed E-state index contributed by atoms with van der Waals surface area (Å²) in [6.45, 7) is 2.62. The molecule has 0 saturated heterocycles. The average Bonchev–Trinajstić information content (AvgIpc) is 2.92. The standard InChI is InChI=1S/C30H34N4O3/c1-5-21-10-12-22(13-11-21)28(33(2)3)20-31-29(35)19-18-26-30(36)34(23-14-16-24(37-4)17-15-23)27-9-7-6-8-25(27)32-26/h6-17,28H,5,18-20H2,1-4H3,(H,31,35)/t28-/m0/s1. The summed E-state index contributed by atoms with van der Waals surface area (Å²) in [7, 11) is 5.62. The number of likely N-dealkylation sites (N-methyl/N-ethyl adjacent to an activating group) is 1. The van der Waals surface area contributed by atoms with Crippen LogP contribution in [-0.2, 0) is 17.6 Å². The second kappa shape index (κ2) is 11.8. The number of nitrogens with one attached hydrogen (secondary N) is 1. The van der Waals surface area contributed by atoms with E-state index in [1.54, 1.807) is 11.7 Å². The SMILES string of the molecule is CCc1ccc([C@H](CNC(=O)CCc2nc3ccccc3n(-c3ccc(OC)cc3)c2=O)N(C)C)cc1. The van der Waals surface area contributed by atoms with Gasteiger partial charge in [0.15, 0.2) is 0 Å². The smallest absolute Gasteiger partial charge is 0.277 e. The van der Waals surface area contributed by atoms with Crippen LogP contribution in [0.15, 0.2) is 77.6 Å². The number of methoxy groups -OCH3 is 1. The van der Waals surface area contributed by atoms with Crippen molar-refractivity contribution in [2.75, 3.05) is 27.7 Å². The van der Waals surface area contributed by atoms with Crippen molar-refractivity contribution in [1.82, 2.24) is 19.8 Å². The summed E-state index contributed by atoms with van der Waals surface area (Å²) in [6.07, 6.45) is 1.42. The summed E-state index contributed by atoms with van der Waals surface area (Å²) in [4.78, 5) is 33.0. The molecule has 0 radical (unpaired) electrons. The van der Waals surface area contributed by atoms with Crippen molar-refractivity contribution in [2.45, 2.75) is 32.2 Å². The summed E-state index contributed by atoms with van der Waals surface area (Å²) in [6, 6.07) is 23.4. The van der Waals surface area contributed by atoms with Gasteiger partial charge in [-0.05, 0) is 68.0 Å². The number of carbonyl (C=O) groups is 1. The molecule has 7 heteroatoms. The highest BCUT2D eigenvalue weighted by Gasteiger charge is 2.17. The van der Waals surface area contributed by atoms with Crippen LogP contribution < -0.4 is 15.6 Å². The lowest BCUT2D eigenvalue weighted by atomic mass is 10.0. The first-order chi connectivity index (χ1) is 17.9. The van der Waals surface area contributed by atoms with Gasteiger partial charge in [-0.25, -0.2) is 4.98 Å². The largest absolute Gasteiger partial charge is 0.497 e. The molecular weight excluding hydrogens is 464 g/mol. The lowest BCUT2D eigenvalue weighted by Crippen LogP contribution is -2.35. The number of amides is 1. The minimum absolute atomic E-state index is 0.0564. The number of aryl methyl sites for hydroxylation is 2. The van der Waals surface area contributed by atoms with Crippen molar-refractivity contribution < 1.29 is 9.53 Å². The van der Waals surface area contributed by atoms with Crippen LogP contribution in [0.4, 0.5) is 0 Å². The zero-order valence-corrected chi connectivity index (χ0v) is 21.9. The number of rotatable bonds is 10. The van der Waals surface area contributed by atoms with Crippen molar-refractivity contribution in [3.05, 3.63) is 100.0 Å². The molecule has 1 aromatic heterocycles. The molecule has 0 aliphatic rings. The Morgan fingerprint density at radius 3 is 2.38 bits per heavy atom. The Morgan fingerprint density at radius 1 is 1.03 bits per heavy atom. The summed E-state index contributed by atoms with van der Waals surface area (Å²) >= 11 is 0. The molecule has 0 aliphatic heterocycles. The number of nitrogens with zero attached hydrogens (tertiary/aromatic N) is 3. The number of para-hydroxylation sites is 2. The third kappa shape index (κ3) is 6.06. The number of ether oxygens (including phenoxy) is 1. The van der Waals surface area contributed by atoms with E-state index in [9.17, 15) is 9.59 Å². The Labute approximate surface area is 217 Å². The molecule has 0 unspecified atom stereocenters. The van der Waals surface area contributed by atoms with Gasteiger partial charge in [0.25, 0.3) is 5.56 Å². The minimum atomic E-state index is -0.223. The fraction of sp³-hybridized carbons (Fsp3) is 0.300.